The number of amides is 1. The summed E-state index contributed by atoms with van der Waals surface area (Å²) in [5, 5.41) is 4.56. The molecule has 1 saturated heterocycles. The monoisotopic (exact) mass is 810 g/mol. The second-order valence-electron chi connectivity index (χ2n) is 15.4. The first kappa shape index (κ1) is 38.8. The highest BCUT2D eigenvalue weighted by atomic mass is 19.4. The van der Waals surface area contributed by atoms with E-state index in [1.807, 2.05) is 36.4 Å². The van der Waals surface area contributed by atoms with Crippen molar-refractivity contribution in [3.63, 3.8) is 0 Å². The SMILES string of the molecule is Cc1c(C(F)(F)F)ccc(C(=O)c2cc(C(F)(F)F)ccc2C(=O)N2CCC(c3cn(Cc4ccc5ccccc5c4)c4ccccc34)C2)c1-c1cccc2ccccc12. The number of benzene rings is 7. The summed E-state index contributed by atoms with van der Waals surface area (Å²) < 4.78 is 88.1. The zero-order valence-electron chi connectivity index (χ0n) is 32.2. The molecule has 1 aliphatic heterocycles. The Kier molecular flexibility index (Phi) is 9.61. The van der Waals surface area contributed by atoms with Crippen LogP contribution in [0.4, 0.5) is 26.3 Å². The molecule has 1 aliphatic rings. The Bertz CT molecular complexity index is 2990. The van der Waals surface area contributed by atoms with Crippen molar-refractivity contribution in [3.05, 3.63) is 190 Å². The Labute approximate surface area is 341 Å². The van der Waals surface area contributed by atoms with Crippen LogP contribution in [0.25, 0.3) is 43.6 Å². The minimum absolute atomic E-state index is 0.0660. The lowest BCUT2D eigenvalue weighted by molar-refractivity contribution is -0.138. The third-order valence-electron chi connectivity index (χ3n) is 11.8. The van der Waals surface area contributed by atoms with E-state index in [1.54, 1.807) is 47.4 Å². The van der Waals surface area contributed by atoms with Crippen LogP contribution in [0.15, 0.2) is 146 Å². The maximum Gasteiger partial charge on any atom is 0.416 e. The van der Waals surface area contributed by atoms with Crippen molar-refractivity contribution in [2.24, 2.45) is 0 Å². The third kappa shape index (κ3) is 6.99. The molecule has 2 heterocycles. The van der Waals surface area contributed by atoms with Crippen LogP contribution in [-0.2, 0) is 18.9 Å². The van der Waals surface area contributed by atoms with E-state index in [0.717, 1.165) is 57.1 Å². The van der Waals surface area contributed by atoms with Crippen molar-refractivity contribution in [1.82, 2.24) is 9.47 Å². The van der Waals surface area contributed by atoms with Gasteiger partial charge in [0.25, 0.3) is 5.91 Å². The molecule has 1 aromatic heterocycles. The van der Waals surface area contributed by atoms with Crippen LogP contribution in [0.1, 0.15) is 66.4 Å². The van der Waals surface area contributed by atoms with Crippen LogP contribution >= 0.6 is 0 Å². The first-order chi connectivity index (χ1) is 28.8. The first-order valence-electron chi connectivity index (χ1n) is 19.6. The van der Waals surface area contributed by atoms with Gasteiger partial charge in [-0.05, 0) is 105 Å². The van der Waals surface area contributed by atoms with E-state index < -0.39 is 40.7 Å². The Balaban J connectivity index is 1.08. The van der Waals surface area contributed by atoms with E-state index >= 15 is 0 Å². The van der Waals surface area contributed by atoms with Gasteiger partial charge in [-0.3, -0.25) is 9.59 Å². The molecule has 60 heavy (non-hydrogen) atoms. The van der Waals surface area contributed by atoms with Crippen molar-refractivity contribution in [2.75, 3.05) is 13.1 Å². The lowest BCUT2D eigenvalue weighted by Crippen LogP contribution is -2.30. The number of hydrogen-bond acceptors (Lipinski definition) is 2. The fraction of sp³-hybridized carbons (Fsp3) is 0.160. The Morgan fingerprint density at radius 2 is 1.33 bits per heavy atom. The van der Waals surface area contributed by atoms with Gasteiger partial charge in [0.1, 0.15) is 0 Å². The molecule has 1 unspecified atom stereocenters. The van der Waals surface area contributed by atoms with Gasteiger partial charge >= 0.3 is 12.4 Å². The Morgan fingerprint density at radius 3 is 2.10 bits per heavy atom. The Hall–Kier alpha value is -6.68. The molecule has 300 valence electrons. The van der Waals surface area contributed by atoms with E-state index in [4.69, 9.17) is 0 Å². The lowest BCUT2D eigenvalue weighted by atomic mass is 9.85. The molecule has 0 aliphatic carbocycles. The number of hydrogen-bond donors (Lipinski definition) is 0. The number of fused-ring (bicyclic) bond motifs is 3. The smallest absolute Gasteiger partial charge is 0.343 e. The minimum atomic E-state index is -4.87. The number of alkyl halides is 6. The highest BCUT2D eigenvalue weighted by Crippen LogP contribution is 2.42. The molecular formula is C50H36F6N2O2. The van der Waals surface area contributed by atoms with E-state index in [0.29, 0.717) is 35.4 Å². The van der Waals surface area contributed by atoms with Gasteiger partial charge in [0.05, 0.1) is 16.7 Å². The average molecular weight is 811 g/mol. The molecule has 0 bridgehead atoms. The van der Waals surface area contributed by atoms with Crippen LogP contribution in [-0.4, -0.2) is 34.2 Å². The van der Waals surface area contributed by atoms with Crippen LogP contribution in [0.3, 0.4) is 0 Å². The molecule has 1 fully saturated rings. The number of ketones is 1. The summed E-state index contributed by atoms with van der Waals surface area (Å²) >= 11 is 0. The summed E-state index contributed by atoms with van der Waals surface area (Å²) in [6.45, 7) is 2.39. The number of carbonyl (C=O) groups excluding carboxylic acids is 2. The lowest BCUT2D eigenvalue weighted by Gasteiger charge is -2.22. The molecule has 0 radical (unpaired) electrons. The molecule has 9 rings (SSSR count). The molecule has 0 N–H and O–H groups in total. The number of aromatic nitrogens is 1. The normalized spacial score (nSPS) is 14.7. The summed E-state index contributed by atoms with van der Waals surface area (Å²) in [6.07, 6.45) is -6.97. The minimum Gasteiger partial charge on any atom is -0.343 e. The quantitative estimate of drug-likeness (QED) is 0.119. The maximum absolute atomic E-state index is 14.7. The Morgan fingerprint density at radius 1 is 0.650 bits per heavy atom. The molecule has 8 aromatic rings. The number of nitrogens with zero attached hydrogens (tertiary/aromatic N) is 2. The van der Waals surface area contributed by atoms with Gasteiger partial charge in [-0.15, -0.1) is 0 Å². The molecule has 4 nitrogen and oxygen atoms in total. The zero-order valence-corrected chi connectivity index (χ0v) is 32.2. The number of likely N-dealkylation sites (tertiary alicyclic amines) is 1. The van der Waals surface area contributed by atoms with Crippen LogP contribution in [0.2, 0.25) is 0 Å². The van der Waals surface area contributed by atoms with Crippen molar-refractivity contribution < 1.29 is 35.9 Å². The van der Waals surface area contributed by atoms with Gasteiger partial charge in [0.2, 0.25) is 0 Å². The summed E-state index contributed by atoms with van der Waals surface area (Å²) in [5.41, 5.74) is -0.0165. The van der Waals surface area contributed by atoms with Gasteiger partial charge in [-0.1, -0.05) is 97.1 Å². The van der Waals surface area contributed by atoms with Crippen molar-refractivity contribution in [1.29, 1.82) is 0 Å². The molecule has 1 amide bonds. The predicted octanol–water partition coefficient (Wildman–Crippen LogP) is 12.9. The highest BCUT2D eigenvalue weighted by molar-refractivity contribution is 6.19. The number of halogens is 6. The number of para-hydroxylation sites is 1. The van der Waals surface area contributed by atoms with Gasteiger partial charge in [-0.2, -0.15) is 26.3 Å². The van der Waals surface area contributed by atoms with E-state index in [-0.39, 0.29) is 41.3 Å². The molecular weight excluding hydrogens is 775 g/mol. The van der Waals surface area contributed by atoms with Gasteiger partial charge in [0, 0.05) is 53.8 Å². The highest BCUT2D eigenvalue weighted by Gasteiger charge is 2.38. The predicted molar refractivity (Wildman–Crippen MR) is 222 cm³/mol. The fourth-order valence-electron chi connectivity index (χ4n) is 8.87. The second kappa shape index (κ2) is 14.9. The molecule has 10 heteroatoms. The topological polar surface area (TPSA) is 42.3 Å². The van der Waals surface area contributed by atoms with Gasteiger partial charge < -0.3 is 9.47 Å². The van der Waals surface area contributed by atoms with E-state index in [1.165, 1.54) is 6.92 Å². The standard InChI is InChI=1S/C50H36F6N2O2/c1-30-44(50(54,55)56)22-21-41(46(30)39-15-8-12-33-10-4-5-13-37(33)39)47(59)42-26-36(49(51,52)53)19-20-40(42)48(60)57-24-23-35(28-57)43-29-58(45-16-7-6-14-38(43)45)27-31-17-18-32-9-2-3-11-34(32)25-31/h2-22,25-26,29,35H,23-24,27-28H2,1H3. The van der Waals surface area contributed by atoms with E-state index in [2.05, 4.69) is 41.1 Å². The largest absolute Gasteiger partial charge is 0.416 e. The molecule has 0 saturated carbocycles. The number of carbonyl (C=O) groups is 2. The van der Waals surface area contributed by atoms with Crippen molar-refractivity contribution in [2.45, 2.75) is 38.2 Å². The van der Waals surface area contributed by atoms with E-state index in [9.17, 15) is 35.9 Å². The molecule has 1 atom stereocenters. The maximum atomic E-state index is 14.7. The third-order valence-corrected chi connectivity index (χ3v) is 11.8. The fourth-order valence-corrected chi connectivity index (χ4v) is 8.87. The summed E-state index contributed by atoms with van der Waals surface area (Å²) in [5.74, 6) is -1.73. The summed E-state index contributed by atoms with van der Waals surface area (Å²) in [6, 6.07) is 38.7. The van der Waals surface area contributed by atoms with Gasteiger partial charge in [0.15, 0.2) is 5.78 Å². The molecule has 7 aromatic carbocycles. The number of rotatable bonds is 7. The molecule has 0 spiro atoms. The average Bonchev–Trinajstić information content (AvgIpc) is 3.87. The van der Waals surface area contributed by atoms with Gasteiger partial charge in [-0.25, -0.2) is 0 Å². The first-order valence-corrected chi connectivity index (χ1v) is 19.6. The van der Waals surface area contributed by atoms with Crippen LogP contribution < -0.4 is 0 Å². The van der Waals surface area contributed by atoms with Crippen LogP contribution in [0.5, 0.6) is 0 Å². The van der Waals surface area contributed by atoms with Crippen molar-refractivity contribution >= 4 is 44.1 Å². The van der Waals surface area contributed by atoms with Crippen molar-refractivity contribution in [3.8, 4) is 11.1 Å². The zero-order chi connectivity index (χ0) is 41.9. The second-order valence-corrected chi connectivity index (χ2v) is 15.4. The summed E-state index contributed by atoms with van der Waals surface area (Å²) in [4.78, 5) is 30.8. The summed E-state index contributed by atoms with van der Waals surface area (Å²) in [7, 11) is 0. The van der Waals surface area contributed by atoms with Crippen LogP contribution in [0, 0.1) is 6.92 Å².